The van der Waals surface area contributed by atoms with Crippen LogP contribution in [0.3, 0.4) is 0 Å². The van der Waals surface area contributed by atoms with Gasteiger partial charge in [-0.3, -0.25) is 19.8 Å². The number of hydrogen-bond donors (Lipinski definition) is 1. The molecule has 3 aliphatic rings. The van der Waals surface area contributed by atoms with Crippen molar-refractivity contribution in [2.24, 2.45) is 5.73 Å². The highest BCUT2D eigenvalue weighted by molar-refractivity contribution is 6.01. The lowest BCUT2D eigenvalue weighted by Gasteiger charge is -2.40. The van der Waals surface area contributed by atoms with E-state index in [0.29, 0.717) is 53.3 Å². The molecule has 166 valence electrons. The molecule has 2 aliphatic heterocycles. The molecule has 2 N–H and O–H groups in total. The molecule has 2 aromatic carbocycles. The van der Waals surface area contributed by atoms with Gasteiger partial charge in [-0.25, -0.2) is 0 Å². The van der Waals surface area contributed by atoms with Crippen LogP contribution in [0, 0.1) is 28.4 Å². The maximum absolute atomic E-state index is 13.2. The molecule has 2 heterocycles. The first-order valence-corrected chi connectivity index (χ1v) is 10.5. The summed E-state index contributed by atoms with van der Waals surface area (Å²) in [7, 11) is 0. The smallest absolute Gasteiger partial charge is 0.271 e. The van der Waals surface area contributed by atoms with Crippen LogP contribution < -0.4 is 20.1 Å². The van der Waals surface area contributed by atoms with E-state index >= 15 is 0 Å². The van der Waals surface area contributed by atoms with Crippen LogP contribution in [0.15, 0.2) is 59.1 Å². The van der Waals surface area contributed by atoms with Gasteiger partial charge in [0.2, 0.25) is 6.79 Å². The van der Waals surface area contributed by atoms with Crippen molar-refractivity contribution in [2.75, 3.05) is 11.7 Å². The van der Waals surface area contributed by atoms with Crippen LogP contribution in [0.25, 0.3) is 0 Å². The Morgan fingerprint density at radius 1 is 1.18 bits per heavy atom. The van der Waals surface area contributed by atoms with Gasteiger partial charge in [0, 0.05) is 29.8 Å². The molecule has 1 atom stereocenters. The minimum absolute atomic E-state index is 0.0627. The number of hydrogen-bond acceptors (Lipinski definition) is 8. The maximum Gasteiger partial charge on any atom is 0.271 e. The molecular formula is C24H20N4O5. The molecule has 0 aromatic heterocycles. The zero-order chi connectivity index (χ0) is 23.3. The molecule has 9 nitrogen and oxygen atoms in total. The van der Waals surface area contributed by atoms with Crippen LogP contribution in [-0.4, -0.2) is 17.5 Å². The lowest BCUT2D eigenvalue weighted by Crippen LogP contribution is -2.39. The fraction of sp³-hybridized carbons (Fsp3) is 0.250. The van der Waals surface area contributed by atoms with Gasteiger partial charge >= 0.3 is 0 Å². The number of allylic oxidation sites excluding steroid dienone is 3. The van der Waals surface area contributed by atoms with Gasteiger partial charge in [0.25, 0.3) is 5.69 Å². The first-order chi connectivity index (χ1) is 15.9. The highest BCUT2D eigenvalue weighted by atomic mass is 16.7. The van der Waals surface area contributed by atoms with Crippen molar-refractivity contribution in [1.29, 1.82) is 5.26 Å². The molecule has 9 heteroatoms. The summed E-state index contributed by atoms with van der Waals surface area (Å²) in [5.74, 6) is 0.598. The molecule has 1 aliphatic carbocycles. The average molecular weight is 444 g/mol. The van der Waals surface area contributed by atoms with Crippen LogP contribution in [-0.2, 0) is 4.79 Å². The van der Waals surface area contributed by atoms with Gasteiger partial charge in [0.05, 0.1) is 28.2 Å². The van der Waals surface area contributed by atoms with Gasteiger partial charge in [-0.05, 0) is 43.0 Å². The van der Waals surface area contributed by atoms with Crippen LogP contribution in [0.1, 0.15) is 36.3 Å². The summed E-state index contributed by atoms with van der Waals surface area (Å²) in [6.07, 6.45) is 1.55. The number of nitriles is 1. The fourth-order valence-corrected chi connectivity index (χ4v) is 4.74. The number of ketones is 1. The number of nitrogens with two attached hydrogens (primary N) is 1. The van der Waals surface area contributed by atoms with Crippen LogP contribution in [0.2, 0.25) is 0 Å². The van der Waals surface area contributed by atoms with Crippen molar-refractivity contribution < 1.29 is 19.2 Å². The third kappa shape index (κ3) is 3.19. The molecule has 0 amide bonds. The number of Topliss-reactive ketones (excluding diaryl/α,β-unsaturated/α-hetero) is 1. The number of aryl methyl sites for hydroxylation is 1. The van der Waals surface area contributed by atoms with Gasteiger partial charge in [0.15, 0.2) is 17.3 Å². The number of nitro benzene ring substituents is 1. The van der Waals surface area contributed by atoms with E-state index in [-0.39, 0.29) is 29.7 Å². The Balaban J connectivity index is 1.74. The molecule has 0 spiro atoms. The molecule has 33 heavy (non-hydrogen) atoms. The number of carbonyl (C=O) groups is 1. The predicted molar refractivity (Wildman–Crippen MR) is 118 cm³/mol. The Bertz CT molecular complexity index is 1320. The monoisotopic (exact) mass is 444 g/mol. The number of fused-ring (bicyclic) bond motifs is 1. The number of anilines is 1. The average Bonchev–Trinajstić information content (AvgIpc) is 3.27. The number of non-ortho nitro benzene ring substituents is 1. The summed E-state index contributed by atoms with van der Waals surface area (Å²) in [4.78, 5) is 25.8. The van der Waals surface area contributed by atoms with Gasteiger partial charge in [-0.15, -0.1) is 0 Å². The van der Waals surface area contributed by atoms with E-state index in [4.69, 9.17) is 15.2 Å². The van der Waals surface area contributed by atoms with Gasteiger partial charge in [-0.1, -0.05) is 12.1 Å². The third-order valence-electron chi connectivity index (χ3n) is 6.29. The van der Waals surface area contributed by atoms with Crippen molar-refractivity contribution in [1.82, 2.24) is 0 Å². The minimum atomic E-state index is -0.650. The van der Waals surface area contributed by atoms with E-state index in [2.05, 4.69) is 6.07 Å². The molecule has 2 aromatic rings. The SMILES string of the molecule is Cc1ccc([N+](=O)[O-])cc1N1C(N)=C(C#N)C(c2ccc3c(c2)OCO3)C2=C1CCCC2=O. The summed E-state index contributed by atoms with van der Waals surface area (Å²) in [5.41, 5.74) is 9.80. The predicted octanol–water partition coefficient (Wildman–Crippen LogP) is 3.94. The second-order valence-corrected chi connectivity index (χ2v) is 8.16. The van der Waals surface area contributed by atoms with E-state index in [1.165, 1.54) is 12.1 Å². The summed E-state index contributed by atoms with van der Waals surface area (Å²) in [6, 6.07) is 12.0. The van der Waals surface area contributed by atoms with Crippen molar-refractivity contribution in [2.45, 2.75) is 32.1 Å². The molecule has 1 unspecified atom stereocenters. The highest BCUT2D eigenvalue weighted by Gasteiger charge is 2.41. The highest BCUT2D eigenvalue weighted by Crippen LogP contribution is 2.48. The van der Waals surface area contributed by atoms with Crippen LogP contribution in [0.4, 0.5) is 11.4 Å². The topological polar surface area (TPSA) is 132 Å². The molecular weight excluding hydrogens is 424 g/mol. The lowest BCUT2D eigenvalue weighted by atomic mass is 9.75. The van der Waals surface area contributed by atoms with E-state index < -0.39 is 10.8 Å². The van der Waals surface area contributed by atoms with Crippen LogP contribution >= 0.6 is 0 Å². The standard InChI is InChI=1S/C24H20N4O5/c1-13-5-7-15(28(30)31)10-18(13)27-17-3-2-4-19(29)23(17)22(16(11-25)24(27)26)14-6-8-20-21(9-14)33-12-32-20/h5-10,22H,2-4,12,26H2,1H3. The molecule has 0 saturated carbocycles. The van der Waals surface area contributed by atoms with E-state index in [0.717, 1.165) is 5.56 Å². The van der Waals surface area contributed by atoms with E-state index in [9.17, 15) is 20.2 Å². The number of nitro groups is 1. The van der Waals surface area contributed by atoms with E-state index in [1.807, 2.05) is 13.0 Å². The molecule has 0 fully saturated rings. The van der Waals surface area contributed by atoms with E-state index in [1.54, 1.807) is 23.1 Å². The Kier molecular flexibility index (Phi) is 4.78. The fourth-order valence-electron chi connectivity index (χ4n) is 4.74. The number of ether oxygens (including phenoxy) is 2. The quantitative estimate of drug-likeness (QED) is 0.556. The Morgan fingerprint density at radius 3 is 2.73 bits per heavy atom. The van der Waals surface area contributed by atoms with Gasteiger partial charge in [0.1, 0.15) is 5.82 Å². The third-order valence-corrected chi connectivity index (χ3v) is 6.29. The number of rotatable bonds is 3. The molecule has 0 radical (unpaired) electrons. The Hall–Kier alpha value is -4.32. The second-order valence-electron chi connectivity index (χ2n) is 8.16. The maximum atomic E-state index is 13.2. The molecule has 5 rings (SSSR count). The summed E-state index contributed by atoms with van der Waals surface area (Å²) in [6.45, 7) is 1.92. The Labute approximate surface area is 189 Å². The summed E-state index contributed by atoms with van der Waals surface area (Å²) < 4.78 is 10.9. The van der Waals surface area contributed by atoms with Crippen molar-refractivity contribution in [3.8, 4) is 17.6 Å². The van der Waals surface area contributed by atoms with Crippen LogP contribution in [0.5, 0.6) is 11.5 Å². The first kappa shape index (κ1) is 20.6. The van der Waals surface area contributed by atoms with Gasteiger partial charge < -0.3 is 15.2 Å². The number of nitrogens with zero attached hydrogens (tertiary/aromatic N) is 3. The lowest BCUT2D eigenvalue weighted by molar-refractivity contribution is -0.384. The largest absolute Gasteiger partial charge is 0.454 e. The summed E-state index contributed by atoms with van der Waals surface area (Å²) >= 11 is 0. The Morgan fingerprint density at radius 2 is 1.97 bits per heavy atom. The van der Waals surface area contributed by atoms with Crippen molar-refractivity contribution >= 4 is 17.2 Å². The zero-order valence-electron chi connectivity index (χ0n) is 17.8. The number of benzene rings is 2. The number of carbonyl (C=O) groups excluding carboxylic acids is 1. The second kappa shape index (κ2) is 7.67. The van der Waals surface area contributed by atoms with Crippen molar-refractivity contribution in [3.63, 3.8) is 0 Å². The normalized spacial score (nSPS) is 19.5. The first-order valence-electron chi connectivity index (χ1n) is 10.5. The minimum Gasteiger partial charge on any atom is -0.454 e. The zero-order valence-corrected chi connectivity index (χ0v) is 17.8. The van der Waals surface area contributed by atoms with Gasteiger partial charge in [-0.2, -0.15) is 5.26 Å². The molecule has 0 saturated heterocycles. The van der Waals surface area contributed by atoms with Crippen molar-refractivity contribution in [3.05, 3.63) is 80.3 Å². The molecule has 0 bridgehead atoms. The summed E-state index contributed by atoms with van der Waals surface area (Å²) in [5, 5.41) is 21.5.